The van der Waals surface area contributed by atoms with Crippen LogP contribution in [0.25, 0.3) is 55.5 Å². The summed E-state index contributed by atoms with van der Waals surface area (Å²) in [6.45, 7) is 13.7. The lowest BCUT2D eigenvalue weighted by Crippen LogP contribution is -1.99. The van der Waals surface area contributed by atoms with Crippen LogP contribution < -0.4 is 0 Å². The summed E-state index contributed by atoms with van der Waals surface area (Å²) in [4.78, 5) is 52.5. The Bertz CT molecular complexity index is 2220. The molecule has 0 aliphatic carbocycles. The van der Waals surface area contributed by atoms with Gasteiger partial charge in [0.15, 0.2) is 0 Å². The molecular weight excluding hydrogens is 602 g/mol. The number of benzene rings is 1. The van der Waals surface area contributed by atoms with E-state index in [1.807, 2.05) is 44.2 Å². The quantitative estimate of drug-likeness (QED) is 0.165. The summed E-state index contributed by atoms with van der Waals surface area (Å²) in [6, 6.07) is 9.42. The average Bonchev–Trinajstić information content (AvgIpc) is 3.67. The van der Waals surface area contributed by atoms with Crippen LogP contribution in [-0.4, -0.2) is 34.7 Å². The first-order valence-electron chi connectivity index (χ1n) is 14.8. The van der Waals surface area contributed by atoms with E-state index in [4.69, 9.17) is 0 Å². The topological polar surface area (TPSA) is 187 Å². The highest BCUT2D eigenvalue weighted by molar-refractivity contribution is 6.04. The summed E-state index contributed by atoms with van der Waals surface area (Å²) < 4.78 is 0. The van der Waals surface area contributed by atoms with Crippen molar-refractivity contribution in [2.75, 3.05) is 0 Å². The van der Waals surface area contributed by atoms with Crippen LogP contribution in [0.2, 0.25) is 0 Å². The Morgan fingerprint density at radius 2 is 0.809 bits per heavy atom. The molecule has 8 bridgehead atoms. The molecule has 0 fully saturated rings. The van der Waals surface area contributed by atoms with E-state index >= 15 is 0 Å². The molecule has 2 aliphatic rings. The first kappa shape index (κ1) is 31.0. The van der Waals surface area contributed by atoms with Gasteiger partial charge in [0.05, 0.1) is 25.8 Å². The van der Waals surface area contributed by atoms with Gasteiger partial charge in [-0.15, -0.1) is 0 Å². The fourth-order valence-corrected chi connectivity index (χ4v) is 6.44. The molecule has 1 aromatic carbocycles. The molecule has 47 heavy (non-hydrogen) atoms. The van der Waals surface area contributed by atoms with E-state index in [1.54, 1.807) is 41.5 Å². The molecular formula is C34H31N7O6. The number of allylic oxidation sites excluding steroid dienone is 4. The molecule has 238 valence electrons. The van der Waals surface area contributed by atoms with Crippen LogP contribution in [0.15, 0.2) is 30.3 Å². The zero-order valence-electron chi connectivity index (χ0n) is 27.1. The number of hydrogen-bond donors (Lipinski definition) is 2. The lowest BCUT2D eigenvalue weighted by atomic mass is 10.00. The minimum atomic E-state index is -0.636. The Kier molecular flexibility index (Phi) is 7.15. The third-order valence-corrected chi connectivity index (χ3v) is 9.60. The number of aryl methyl sites for hydroxylation is 4. The summed E-state index contributed by atoms with van der Waals surface area (Å²) in [6.07, 6.45) is 0. The van der Waals surface area contributed by atoms with Gasteiger partial charge in [0.1, 0.15) is 33.8 Å². The third kappa shape index (κ3) is 4.45. The number of aromatic nitrogens is 4. The molecule has 0 spiro atoms. The van der Waals surface area contributed by atoms with Gasteiger partial charge in [0.25, 0.3) is 0 Å². The lowest BCUT2D eigenvalue weighted by Gasteiger charge is -2.05. The van der Waals surface area contributed by atoms with Crippen molar-refractivity contribution in [1.29, 1.82) is 0 Å². The number of H-pyrrole nitrogens is 2. The Balaban J connectivity index is 2.05. The van der Waals surface area contributed by atoms with E-state index < -0.39 is 20.5 Å². The van der Waals surface area contributed by atoms with E-state index in [2.05, 4.69) is 19.9 Å². The van der Waals surface area contributed by atoms with Gasteiger partial charge < -0.3 is 9.97 Å². The first-order valence-corrected chi connectivity index (χ1v) is 14.8. The summed E-state index contributed by atoms with van der Waals surface area (Å²) in [7, 11) is 0. The Labute approximate surface area is 268 Å². The van der Waals surface area contributed by atoms with E-state index in [9.17, 15) is 30.3 Å². The number of fused-ring (bicyclic) bond motifs is 8. The third-order valence-electron chi connectivity index (χ3n) is 9.60. The van der Waals surface area contributed by atoms with Gasteiger partial charge in [-0.3, -0.25) is 30.3 Å². The molecule has 0 atom stereocenters. The van der Waals surface area contributed by atoms with E-state index in [0.29, 0.717) is 50.0 Å². The molecule has 0 saturated heterocycles. The lowest BCUT2D eigenvalue weighted by molar-refractivity contribution is -0.386. The molecule has 0 unspecified atom stereocenters. The molecule has 0 amide bonds. The molecule has 13 heteroatoms. The monoisotopic (exact) mass is 633 g/mol. The predicted molar refractivity (Wildman–Crippen MR) is 182 cm³/mol. The van der Waals surface area contributed by atoms with Crippen LogP contribution in [0.1, 0.15) is 72.7 Å². The maximum absolute atomic E-state index is 12.9. The summed E-state index contributed by atoms with van der Waals surface area (Å²) in [5.74, 6) is 0. The van der Waals surface area contributed by atoms with Crippen molar-refractivity contribution in [2.24, 2.45) is 0 Å². The predicted octanol–water partition coefficient (Wildman–Crippen LogP) is 8.84. The Hall–Kier alpha value is -5.98. The normalized spacial score (nSPS) is 13.0. The maximum atomic E-state index is 12.9. The van der Waals surface area contributed by atoms with E-state index in [1.165, 1.54) is 0 Å². The summed E-state index contributed by atoms with van der Waals surface area (Å²) in [5, 5.41) is 38.5. The molecule has 0 saturated carbocycles. The van der Waals surface area contributed by atoms with Crippen molar-refractivity contribution in [1.82, 2.24) is 19.9 Å². The number of aromatic amines is 2. The Morgan fingerprint density at radius 3 is 1.15 bits per heavy atom. The van der Waals surface area contributed by atoms with Crippen molar-refractivity contribution in [3.8, 4) is 11.1 Å². The van der Waals surface area contributed by atoms with Crippen LogP contribution >= 0.6 is 0 Å². The molecule has 5 heterocycles. The van der Waals surface area contributed by atoms with Crippen LogP contribution in [0, 0.1) is 58.0 Å². The minimum Gasteiger partial charge on any atom is -0.349 e. The van der Waals surface area contributed by atoms with Gasteiger partial charge in [-0.05, 0) is 105 Å². The summed E-state index contributed by atoms with van der Waals surface area (Å²) in [5.41, 5.74) is 5.84. The fourth-order valence-electron chi connectivity index (χ4n) is 6.44. The average molecular weight is 634 g/mol. The number of hydrogen-bond acceptors (Lipinski definition) is 8. The van der Waals surface area contributed by atoms with Crippen LogP contribution in [0.4, 0.5) is 17.1 Å². The van der Waals surface area contributed by atoms with Gasteiger partial charge in [0.2, 0.25) is 0 Å². The SMILES string of the molecule is CC1=C(C)c2nc1c([N+](=O)[O-])c1nc(c([N+](=O)[O-])c3[nH]c(c(C)c3C)c(-c3ccccc3)c3[nH]c(c(C)c3C)c2[N+](=O)[O-])C(C)=C1C. The van der Waals surface area contributed by atoms with Crippen LogP contribution in [0.3, 0.4) is 0 Å². The number of nitrogens with one attached hydrogen (secondary N) is 2. The second kappa shape index (κ2) is 10.8. The summed E-state index contributed by atoms with van der Waals surface area (Å²) >= 11 is 0. The molecule has 13 nitrogen and oxygen atoms in total. The molecule has 2 N–H and O–H groups in total. The standard InChI is InChI=1S/C34H31N7O6/c1-14-16(3)26-32(39(42)43)28-18(5)20(7)30(37-28)34(41(46)47)31-21(8)19(6)29(38-31)33(40(44)45)27-17(4)15(2)25(36-27)23(24(14)35-26)22-12-10-9-11-13-22/h9-13,35-36H,1-8H3. The van der Waals surface area contributed by atoms with Crippen molar-refractivity contribution in [3.05, 3.63) is 106 Å². The number of rotatable bonds is 4. The van der Waals surface area contributed by atoms with E-state index in [0.717, 1.165) is 16.7 Å². The van der Waals surface area contributed by atoms with Crippen molar-refractivity contribution in [3.63, 3.8) is 0 Å². The van der Waals surface area contributed by atoms with Gasteiger partial charge in [-0.2, -0.15) is 0 Å². The van der Waals surface area contributed by atoms with Crippen molar-refractivity contribution in [2.45, 2.75) is 55.4 Å². The minimum absolute atomic E-state index is 0.0148. The fraction of sp³-hybridized carbons (Fsp3) is 0.235. The van der Waals surface area contributed by atoms with Crippen LogP contribution in [0.5, 0.6) is 0 Å². The molecule has 3 aromatic heterocycles. The maximum Gasteiger partial charge on any atom is 0.320 e. The molecule has 2 aliphatic heterocycles. The number of nitro groups is 3. The van der Waals surface area contributed by atoms with Gasteiger partial charge in [-0.1, -0.05) is 30.3 Å². The second-order valence-electron chi connectivity index (χ2n) is 11.9. The van der Waals surface area contributed by atoms with Crippen molar-refractivity contribution >= 4 is 61.4 Å². The van der Waals surface area contributed by atoms with Crippen LogP contribution in [-0.2, 0) is 0 Å². The molecule has 4 aromatic rings. The van der Waals surface area contributed by atoms with Gasteiger partial charge >= 0.3 is 17.1 Å². The van der Waals surface area contributed by atoms with Gasteiger partial charge in [-0.25, -0.2) is 9.97 Å². The largest absolute Gasteiger partial charge is 0.349 e. The number of nitrogens with zero attached hydrogens (tertiary/aromatic N) is 5. The first-order chi connectivity index (χ1) is 22.2. The Morgan fingerprint density at radius 1 is 0.489 bits per heavy atom. The zero-order chi connectivity index (χ0) is 34.2. The highest BCUT2D eigenvalue weighted by Gasteiger charge is 2.36. The van der Waals surface area contributed by atoms with Gasteiger partial charge in [0, 0.05) is 5.56 Å². The smallest absolute Gasteiger partial charge is 0.320 e. The highest BCUT2D eigenvalue weighted by atomic mass is 16.6. The zero-order valence-corrected chi connectivity index (χ0v) is 27.1. The van der Waals surface area contributed by atoms with E-state index in [-0.39, 0.29) is 45.2 Å². The second-order valence-corrected chi connectivity index (χ2v) is 11.9. The highest BCUT2D eigenvalue weighted by Crippen LogP contribution is 2.46. The molecule has 0 radical (unpaired) electrons. The molecule has 6 rings (SSSR count). The van der Waals surface area contributed by atoms with Crippen molar-refractivity contribution < 1.29 is 14.8 Å².